The van der Waals surface area contributed by atoms with Crippen LogP contribution >= 0.6 is 0 Å². The van der Waals surface area contributed by atoms with E-state index in [-0.39, 0.29) is 5.91 Å². The number of aryl methyl sites for hydroxylation is 1. The Hall–Kier alpha value is -3.09. The molecule has 124 valence electrons. The Balaban J connectivity index is 1.63. The number of amides is 1. The van der Waals surface area contributed by atoms with Crippen LogP contribution in [0.15, 0.2) is 36.4 Å². The second-order valence-electron chi connectivity index (χ2n) is 5.16. The van der Waals surface area contributed by atoms with Crippen molar-refractivity contribution in [2.75, 3.05) is 19.5 Å². The molecule has 2 N–H and O–H groups in total. The van der Waals surface area contributed by atoms with Crippen LogP contribution in [0.2, 0.25) is 0 Å². The van der Waals surface area contributed by atoms with Crippen LogP contribution in [-0.4, -0.2) is 35.1 Å². The SMILES string of the molecule is COc1ccc(NC(=O)CCc2nc3ccccc3[nH]2)c(OC)n1. The smallest absolute Gasteiger partial charge is 0.240 e. The van der Waals surface area contributed by atoms with Crippen molar-refractivity contribution in [2.45, 2.75) is 12.8 Å². The van der Waals surface area contributed by atoms with E-state index in [1.165, 1.54) is 14.2 Å². The summed E-state index contributed by atoms with van der Waals surface area (Å²) in [6, 6.07) is 11.1. The Morgan fingerprint density at radius 3 is 2.71 bits per heavy atom. The summed E-state index contributed by atoms with van der Waals surface area (Å²) in [6.07, 6.45) is 0.821. The summed E-state index contributed by atoms with van der Waals surface area (Å²) in [4.78, 5) is 24.0. The lowest BCUT2D eigenvalue weighted by atomic mass is 10.2. The van der Waals surface area contributed by atoms with E-state index >= 15 is 0 Å². The number of methoxy groups -OCH3 is 2. The number of carbonyl (C=O) groups is 1. The zero-order valence-electron chi connectivity index (χ0n) is 13.5. The average Bonchev–Trinajstić information content (AvgIpc) is 3.03. The van der Waals surface area contributed by atoms with Gasteiger partial charge in [0.05, 0.1) is 25.3 Å². The summed E-state index contributed by atoms with van der Waals surface area (Å²) in [6.45, 7) is 0. The van der Waals surface area contributed by atoms with Crippen molar-refractivity contribution in [2.24, 2.45) is 0 Å². The molecule has 0 saturated carbocycles. The number of nitrogens with one attached hydrogen (secondary N) is 2. The molecular weight excluding hydrogens is 308 g/mol. The van der Waals surface area contributed by atoms with Crippen molar-refractivity contribution in [3.8, 4) is 11.8 Å². The number of pyridine rings is 1. The second kappa shape index (κ2) is 6.99. The number of hydrogen-bond acceptors (Lipinski definition) is 5. The number of benzene rings is 1. The normalized spacial score (nSPS) is 10.6. The quantitative estimate of drug-likeness (QED) is 0.726. The molecule has 0 atom stereocenters. The third-order valence-electron chi connectivity index (χ3n) is 3.54. The van der Waals surface area contributed by atoms with Gasteiger partial charge >= 0.3 is 0 Å². The topological polar surface area (TPSA) is 89.1 Å². The van der Waals surface area contributed by atoms with Gasteiger partial charge in [-0.05, 0) is 18.2 Å². The summed E-state index contributed by atoms with van der Waals surface area (Å²) in [5, 5.41) is 2.79. The highest BCUT2D eigenvalue weighted by Gasteiger charge is 2.11. The number of H-pyrrole nitrogens is 1. The largest absolute Gasteiger partial charge is 0.481 e. The number of anilines is 1. The van der Waals surface area contributed by atoms with Crippen LogP contribution in [0, 0.1) is 0 Å². The van der Waals surface area contributed by atoms with E-state index in [9.17, 15) is 4.79 Å². The zero-order valence-corrected chi connectivity index (χ0v) is 13.5. The fourth-order valence-electron chi connectivity index (χ4n) is 2.36. The van der Waals surface area contributed by atoms with Gasteiger partial charge in [0.15, 0.2) is 0 Å². The molecule has 1 aromatic carbocycles. The van der Waals surface area contributed by atoms with Gasteiger partial charge in [-0.3, -0.25) is 4.79 Å². The van der Waals surface area contributed by atoms with Gasteiger partial charge in [0.1, 0.15) is 11.5 Å². The number of carbonyl (C=O) groups excluding carboxylic acids is 1. The average molecular weight is 326 g/mol. The van der Waals surface area contributed by atoms with Gasteiger partial charge in [0, 0.05) is 18.9 Å². The van der Waals surface area contributed by atoms with Crippen LogP contribution in [0.5, 0.6) is 11.8 Å². The number of rotatable bonds is 6. The first-order valence-electron chi connectivity index (χ1n) is 7.52. The molecule has 3 rings (SSSR count). The highest BCUT2D eigenvalue weighted by molar-refractivity contribution is 5.92. The minimum Gasteiger partial charge on any atom is -0.481 e. The van der Waals surface area contributed by atoms with Crippen LogP contribution in [0.3, 0.4) is 0 Å². The molecule has 24 heavy (non-hydrogen) atoms. The van der Waals surface area contributed by atoms with Crippen molar-refractivity contribution in [3.63, 3.8) is 0 Å². The van der Waals surface area contributed by atoms with Gasteiger partial charge in [-0.1, -0.05) is 12.1 Å². The fraction of sp³-hybridized carbons (Fsp3) is 0.235. The highest BCUT2D eigenvalue weighted by atomic mass is 16.5. The molecule has 0 spiro atoms. The third kappa shape index (κ3) is 3.45. The Labute approximate surface area is 139 Å². The van der Waals surface area contributed by atoms with Gasteiger partial charge in [-0.2, -0.15) is 4.98 Å². The summed E-state index contributed by atoms with van der Waals surface area (Å²) in [5.74, 6) is 1.38. The monoisotopic (exact) mass is 326 g/mol. The Bertz CT molecular complexity index is 827. The summed E-state index contributed by atoms with van der Waals surface area (Å²) < 4.78 is 10.2. The summed E-state index contributed by atoms with van der Waals surface area (Å²) in [5.41, 5.74) is 2.37. The fourth-order valence-corrected chi connectivity index (χ4v) is 2.36. The molecule has 0 aliphatic carbocycles. The molecule has 2 heterocycles. The maximum Gasteiger partial charge on any atom is 0.240 e. The van der Waals surface area contributed by atoms with Gasteiger partial charge < -0.3 is 19.8 Å². The molecule has 2 aromatic heterocycles. The summed E-state index contributed by atoms with van der Waals surface area (Å²) in [7, 11) is 3.01. The molecule has 0 fully saturated rings. The lowest BCUT2D eigenvalue weighted by Crippen LogP contribution is -2.14. The molecule has 0 bridgehead atoms. The van der Waals surface area contributed by atoms with Crippen molar-refractivity contribution < 1.29 is 14.3 Å². The molecule has 0 aliphatic rings. The molecule has 7 heteroatoms. The molecule has 0 saturated heterocycles. The standard InChI is InChI=1S/C17H18N4O3/c1-23-16-10-7-13(17(21-16)24-2)20-15(22)9-8-14-18-11-5-3-4-6-12(11)19-14/h3-7,10H,8-9H2,1-2H3,(H,18,19)(H,20,22). The Morgan fingerprint density at radius 1 is 1.12 bits per heavy atom. The molecular formula is C17H18N4O3. The number of aromatic nitrogens is 3. The van der Waals surface area contributed by atoms with Gasteiger partial charge in [-0.15, -0.1) is 0 Å². The zero-order chi connectivity index (χ0) is 16.9. The van der Waals surface area contributed by atoms with Crippen LogP contribution in [0.4, 0.5) is 5.69 Å². The van der Waals surface area contributed by atoms with Crippen LogP contribution in [0.25, 0.3) is 11.0 Å². The third-order valence-corrected chi connectivity index (χ3v) is 3.54. The number of nitrogens with zero attached hydrogens (tertiary/aromatic N) is 2. The lowest BCUT2D eigenvalue weighted by Gasteiger charge is -2.10. The first-order chi connectivity index (χ1) is 11.7. The minimum absolute atomic E-state index is 0.138. The summed E-state index contributed by atoms with van der Waals surface area (Å²) >= 11 is 0. The number of ether oxygens (including phenoxy) is 2. The van der Waals surface area contributed by atoms with Gasteiger partial charge in [-0.25, -0.2) is 4.98 Å². The van der Waals surface area contributed by atoms with E-state index in [2.05, 4.69) is 20.3 Å². The van der Waals surface area contributed by atoms with Crippen molar-refractivity contribution in [1.29, 1.82) is 0 Å². The van der Waals surface area contributed by atoms with E-state index in [1.54, 1.807) is 12.1 Å². The lowest BCUT2D eigenvalue weighted by molar-refractivity contribution is -0.116. The van der Waals surface area contributed by atoms with Crippen LogP contribution < -0.4 is 14.8 Å². The minimum atomic E-state index is -0.138. The van der Waals surface area contributed by atoms with E-state index < -0.39 is 0 Å². The predicted octanol–water partition coefficient (Wildman–Crippen LogP) is 2.55. The van der Waals surface area contributed by atoms with Crippen molar-refractivity contribution in [1.82, 2.24) is 15.0 Å². The number of para-hydroxylation sites is 2. The maximum atomic E-state index is 12.2. The maximum absolute atomic E-state index is 12.2. The van der Waals surface area contributed by atoms with E-state index in [0.717, 1.165) is 16.9 Å². The molecule has 1 amide bonds. The first-order valence-corrected chi connectivity index (χ1v) is 7.52. The molecule has 7 nitrogen and oxygen atoms in total. The number of aromatic amines is 1. The Kier molecular flexibility index (Phi) is 4.60. The Morgan fingerprint density at radius 2 is 1.96 bits per heavy atom. The predicted molar refractivity (Wildman–Crippen MR) is 90.4 cm³/mol. The van der Waals surface area contributed by atoms with Crippen LogP contribution in [-0.2, 0) is 11.2 Å². The second-order valence-corrected chi connectivity index (χ2v) is 5.16. The van der Waals surface area contributed by atoms with E-state index in [1.807, 2.05) is 24.3 Å². The first kappa shape index (κ1) is 15.8. The number of imidazole rings is 1. The van der Waals surface area contributed by atoms with Crippen molar-refractivity contribution >= 4 is 22.6 Å². The molecule has 0 aliphatic heterocycles. The van der Waals surface area contributed by atoms with E-state index in [0.29, 0.717) is 30.3 Å². The van der Waals surface area contributed by atoms with E-state index in [4.69, 9.17) is 9.47 Å². The highest BCUT2D eigenvalue weighted by Crippen LogP contribution is 2.24. The molecule has 0 unspecified atom stereocenters. The van der Waals surface area contributed by atoms with Gasteiger partial charge in [0.25, 0.3) is 0 Å². The van der Waals surface area contributed by atoms with Gasteiger partial charge in [0.2, 0.25) is 17.7 Å². The molecule has 3 aromatic rings. The number of fused-ring (bicyclic) bond motifs is 1. The number of hydrogen-bond donors (Lipinski definition) is 2. The van der Waals surface area contributed by atoms with Crippen molar-refractivity contribution in [3.05, 3.63) is 42.2 Å². The van der Waals surface area contributed by atoms with Crippen LogP contribution in [0.1, 0.15) is 12.2 Å². The molecule has 0 radical (unpaired) electrons.